The summed E-state index contributed by atoms with van der Waals surface area (Å²) >= 11 is 3.38. The summed E-state index contributed by atoms with van der Waals surface area (Å²) in [7, 11) is 0. The van der Waals surface area contributed by atoms with Crippen molar-refractivity contribution in [2.75, 3.05) is 6.61 Å². The molecule has 0 saturated heterocycles. The van der Waals surface area contributed by atoms with Crippen LogP contribution in [0, 0.1) is 5.92 Å². The van der Waals surface area contributed by atoms with Crippen LogP contribution in [0.5, 0.6) is 0 Å². The molecule has 0 aliphatic heterocycles. The Labute approximate surface area is 191 Å². The summed E-state index contributed by atoms with van der Waals surface area (Å²) in [6.07, 6.45) is 1.99. The summed E-state index contributed by atoms with van der Waals surface area (Å²) in [5.74, 6) is -1.32. The van der Waals surface area contributed by atoms with Gasteiger partial charge in [-0.25, -0.2) is 4.79 Å². The zero-order valence-electron chi connectivity index (χ0n) is 17.9. The molecule has 0 aliphatic rings. The summed E-state index contributed by atoms with van der Waals surface area (Å²) in [5.41, 5.74) is 1.17. The van der Waals surface area contributed by atoms with E-state index in [4.69, 9.17) is 4.74 Å². The SMILES string of the molecule is CCOC(=O)C(CC(C)C)NC(=O)/C(=C/c1ccc(Br)cc1)NC(=O)c1ccccc1. The maximum Gasteiger partial charge on any atom is 0.328 e. The van der Waals surface area contributed by atoms with Gasteiger partial charge in [0.05, 0.1) is 6.61 Å². The third-order valence-corrected chi connectivity index (χ3v) is 4.82. The molecule has 2 rings (SSSR count). The molecule has 0 radical (unpaired) electrons. The Morgan fingerprint density at radius 2 is 1.68 bits per heavy atom. The second kappa shape index (κ2) is 12.1. The summed E-state index contributed by atoms with van der Waals surface area (Å²) in [5, 5.41) is 5.39. The first-order chi connectivity index (χ1) is 14.8. The molecule has 0 saturated carbocycles. The average molecular weight is 487 g/mol. The topological polar surface area (TPSA) is 84.5 Å². The lowest BCUT2D eigenvalue weighted by atomic mass is 10.0. The molecule has 2 N–H and O–H groups in total. The minimum Gasteiger partial charge on any atom is -0.464 e. The van der Waals surface area contributed by atoms with Crippen molar-refractivity contribution in [2.24, 2.45) is 5.92 Å². The molecular formula is C24H27BrN2O4. The highest BCUT2D eigenvalue weighted by atomic mass is 79.9. The van der Waals surface area contributed by atoms with Gasteiger partial charge in [-0.2, -0.15) is 0 Å². The maximum absolute atomic E-state index is 13.1. The monoisotopic (exact) mass is 486 g/mol. The van der Waals surface area contributed by atoms with Crippen LogP contribution in [0.3, 0.4) is 0 Å². The highest BCUT2D eigenvalue weighted by Crippen LogP contribution is 2.14. The predicted octanol–water partition coefficient (Wildman–Crippen LogP) is 4.31. The van der Waals surface area contributed by atoms with Crippen molar-refractivity contribution in [3.05, 3.63) is 75.9 Å². The smallest absolute Gasteiger partial charge is 0.328 e. The second-order valence-corrected chi connectivity index (χ2v) is 8.25. The third-order valence-electron chi connectivity index (χ3n) is 4.29. The van der Waals surface area contributed by atoms with Crippen LogP contribution in [0.2, 0.25) is 0 Å². The standard InChI is InChI=1S/C24H27BrN2O4/c1-4-31-24(30)21(14-16(2)3)27-23(29)20(15-17-10-12-19(25)13-11-17)26-22(28)18-8-6-5-7-9-18/h5-13,15-16,21H,4,14H2,1-3H3,(H,26,28)(H,27,29)/b20-15-. The number of nitrogens with one attached hydrogen (secondary N) is 2. The number of carbonyl (C=O) groups is 3. The zero-order valence-corrected chi connectivity index (χ0v) is 19.4. The number of esters is 1. The largest absolute Gasteiger partial charge is 0.464 e. The first kappa shape index (κ1) is 24.3. The van der Waals surface area contributed by atoms with E-state index in [1.807, 2.05) is 38.1 Å². The van der Waals surface area contributed by atoms with E-state index >= 15 is 0 Å². The third kappa shape index (κ3) is 8.02. The molecule has 2 aromatic carbocycles. The minimum atomic E-state index is -0.811. The van der Waals surface area contributed by atoms with Gasteiger partial charge in [-0.15, -0.1) is 0 Å². The maximum atomic E-state index is 13.1. The molecule has 7 heteroatoms. The summed E-state index contributed by atoms with van der Waals surface area (Å²) in [6, 6.07) is 15.1. The van der Waals surface area contributed by atoms with E-state index in [1.54, 1.807) is 43.3 Å². The van der Waals surface area contributed by atoms with Gasteiger partial charge in [0.25, 0.3) is 11.8 Å². The van der Waals surface area contributed by atoms with Gasteiger partial charge in [-0.05, 0) is 55.2 Å². The molecule has 0 aromatic heterocycles. The molecule has 1 unspecified atom stereocenters. The number of halogens is 1. The van der Waals surface area contributed by atoms with Gasteiger partial charge in [0.2, 0.25) is 0 Å². The molecule has 0 aliphatic carbocycles. The zero-order chi connectivity index (χ0) is 22.8. The average Bonchev–Trinajstić information content (AvgIpc) is 2.74. The Bertz CT molecular complexity index is 924. The fraction of sp³-hybridized carbons (Fsp3) is 0.292. The molecule has 0 fully saturated rings. The van der Waals surface area contributed by atoms with Gasteiger partial charge in [-0.1, -0.05) is 60.1 Å². The van der Waals surface area contributed by atoms with Gasteiger partial charge in [0.1, 0.15) is 11.7 Å². The fourth-order valence-corrected chi connectivity index (χ4v) is 3.10. The summed E-state index contributed by atoms with van der Waals surface area (Å²) in [4.78, 5) is 38.1. The van der Waals surface area contributed by atoms with Crippen LogP contribution in [-0.4, -0.2) is 30.4 Å². The Balaban J connectivity index is 2.31. The molecule has 0 heterocycles. The molecule has 164 valence electrons. The van der Waals surface area contributed by atoms with Crippen LogP contribution in [0.4, 0.5) is 0 Å². The van der Waals surface area contributed by atoms with Gasteiger partial charge in [0.15, 0.2) is 0 Å². The summed E-state index contributed by atoms with van der Waals surface area (Å²) < 4.78 is 5.99. The fourth-order valence-electron chi connectivity index (χ4n) is 2.83. The number of rotatable bonds is 9. The van der Waals surface area contributed by atoms with E-state index in [-0.39, 0.29) is 18.2 Å². The van der Waals surface area contributed by atoms with Crippen molar-refractivity contribution in [3.8, 4) is 0 Å². The Kier molecular flexibility index (Phi) is 9.46. The molecule has 6 nitrogen and oxygen atoms in total. The number of benzene rings is 2. The number of ether oxygens (including phenoxy) is 1. The Morgan fingerprint density at radius 3 is 2.26 bits per heavy atom. The van der Waals surface area contributed by atoms with Crippen molar-refractivity contribution < 1.29 is 19.1 Å². The molecule has 0 spiro atoms. The first-order valence-corrected chi connectivity index (χ1v) is 10.9. The van der Waals surface area contributed by atoms with E-state index < -0.39 is 23.8 Å². The highest BCUT2D eigenvalue weighted by molar-refractivity contribution is 9.10. The lowest BCUT2D eigenvalue weighted by Crippen LogP contribution is -2.45. The molecule has 31 heavy (non-hydrogen) atoms. The lowest BCUT2D eigenvalue weighted by molar-refractivity contribution is -0.147. The van der Waals surface area contributed by atoms with Gasteiger partial charge >= 0.3 is 5.97 Å². The highest BCUT2D eigenvalue weighted by Gasteiger charge is 2.25. The van der Waals surface area contributed by atoms with Crippen molar-refractivity contribution >= 4 is 39.8 Å². The van der Waals surface area contributed by atoms with Crippen molar-refractivity contribution in [1.82, 2.24) is 10.6 Å². The minimum absolute atomic E-state index is 0.0363. The molecule has 0 bridgehead atoms. The van der Waals surface area contributed by atoms with Crippen LogP contribution in [0.15, 0.2) is 64.8 Å². The molecule has 2 aromatic rings. The molecule has 1 atom stereocenters. The van der Waals surface area contributed by atoms with E-state index in [0.29, 0.717) is 12.0 Å². The van der Waals surface area contributed by atoms with E-state index in [0.717, 1.165) is 10.0 Å². The first-order valence-electron chi connectivity index (χ1n) is 10.1. The van der Waals surface area contributed by atoms with Crippen LogP contribution < -0.4 is 10.6 Å². The lowest BCUT2D eigenvalue weighted by Gasteiger charge is -2.20. The molecule has 2 amide bonds. The van der Waals surface area contributed by atoms with Crippen LogP contribution >= 0.6 is 15.9 Å². The van der Waals surface area contributed by atoms with Gasteiger partial charge in [-0.3, -0.25) is 9.59 Å². The number of hydrogen-bond acceptors (Lipinski definition) is 4. The van der Waals surface area contributed by atoms with Gasteiger partial charge < -0.3 is 15.4 Å². The number of carbonyl (C=O) groups excluding carboxylic acids is 3. The Hall–Kier alpha value is -2.93. The number of amides is 2. The van der Waals surface area contributed by atoms with E-state index in [9.17, 15) is 14.4 Å². The van der Waals surface area contributed by atoms with Crippen LogP contribution in [-0.2, 0) is 14.3 Å². The predicted molar refractivity (Wildman–Crippen MR) is 124 cm³/mol. The van der Waals surface area contributed by atoms with Crippen molar-refractivity contribution in [2.45, 2.75) is 33.2 Å². The Morgan fingerprint density at radius 1 is 1.03 bits per heavy atom. The van der Waals surface area contributed by atoms with Crippen LogP contribution in [0.25, 0.3) is 6.08 Å². The van der Waals surface area contributed by atoms with Crippen LogP contribution in [0.1, 0.15) is 43.1 Å². The second-order valence-electron chi connectivity index (χ2n) is 7.34. The van der Waals surface area contributed by atoms with E-state index in [2.05, 4.69) is 26.6 Å². The van der Waals surface area contributed by atoms with Gasteiger partial charge in [0, 0.05) is 10.0 Å². The normalized spacial score (nSPS) is 12.2. The van der Waals surface area contributed by atoms with Crippen molar-refractivity contribution in [3.63, 3.8) is 0 Å². The summed E-state index contributed by atoms with van der Waals surface area (Å²) in [6.45, 7) is 5.84. The number of hydrogen-bond donors (Lipinski definition) is 2. The van der Waals surface area contributed by atoms with Crippen molar-refractivity contribution in [1.29, 1.82) is 0 Å². The molecular weight excluding hydrogens is 460 g/mol. The van der Waals surface area contributed by atoms with E-state index in [1.165, 1.54) is 0 Å². The quantitative estimate of drug-likeness (QED) is 0.408.